The number of benzene rings is 4. The van der Waals surface area contributed by atoms with Crippen molar-refractivity contribution in [3.63, 3.8) is 0 Å². The van der Waals surface area contributed by atoms with Crippen LogP contribution in [0.25, 0.3) is 0 Å². The number of nitrogens with one attached hydrogen (secondary N) is 1. The Hall–Kier alpha value is -4.15. The van der Waals surface area contributed by atoms with Crippen LogP contribution in [0.1, 0.15) is 31.4 Å². The summed E-state index contributed by atoms with van der Waals surface area (Å²) in [6, 6.07) is 28.8. The highest BCUT2D eigenvalue weighted by atomic mass is 79.9. The highest BCUT2D eigenvalue weighted by Gasteiger charge is 2.32. The van der Waals surface area contributed by atoms with Crippen molar-refractivity contribution >= 4 is 43.5 Å². The predicted octanol–water partition coefficient (Wildman–Crippen LogP) is 6.69. The standard InChI is InChI=1S/C34H36BrN3O5S/c1-4-21-36-34(40)26(3)37(23-27-9-8-10-28(35)22-27)33(39)24-38(44(41,42)32-19-13-25(2)14-20-32)29-15-17-31(18-16-29)43-30-11-6-5-7-12-30/h5-20,22,26H,4,21,23-24H2,1-3H3,(H,36,40). The largest absolute Gasteiger partial charge is 0.457 e. The molecule has 230 valence electrons. The summed E-state index contributed by atoms with van der Waals surface area (Å²) in [5.74, 6) is 0.310. The lowest BCUT2D eigenvalue weighted by Crippen LogP contribution is -2.51. The minimum atomic E-state index is -4.17. The molecule has 10 heteroatoms. The molecule has 0 aliphatic heterocycles. The molecule has 1 atom stereocenters. The van der Waals surface area contributed by atoms with Crippen LogP contribution < -0.4 is 14.4 Å². The van der Waals surface area contributed by atoms with Gasteiger partial charge in [0.05, 0.1) is 10.6 Å². The molecule has 0 aliphatic rings. The number of carbonyl (C=O) groups is 2. The molecule has 0 aliphatic carbocycles. The predicted molar refractivity (Wildman–Crippen MR) is 176 cm³/mol. The van der Waals surface area contributed by atoms with E-state index < -0.39 is 28.5 Å². The quantitative estimate of drug-likeness (QED) is 0.170. The van der Waals surface area contributed by atoms with Crippen molar-refractivity contribution in [3.05, 3.63) is 119 Å². The van der Waals surface area contributed by atoms with Crippen LogP contribution in [0, 0.1) is 6.92 Å². The Kier molecular flexibility index (Phi) is 11.2. The van der Waals surface area contributed by atoms with Gasteiger partial charge in [-0.05, 0) is 86.5 Å². The number of hydrogen-bond donors (Lipinski definition) is 1. The number of ether oxygens (including phenoxy) is 1. The zero-order chi connectivity index (χ0) is 31.7. The molecule has 0 radical (unpaired) electrons. The molecule has 1 N–H and O–H groups in total. The molecular weight excluding hydrogens is 642 g/mol. The van der Waals surface area contributed by atoms with Gasteiger partial charge < -0.3 is 15.0 Å². The van der Waals surface area contributed by atoms with Crippen LogP contribution in [0.4, 0.5) is 5.69 Å². The van der Waals surface area contributed by atoms with Gasteiger partial charge in [-0.15, -0.1) is 0 Å². The number of anilines is 1. The van der Waals surface area contributed by atoms with Crippen LogP contribution in [0.3, 0.4) is 0 Å². The topological polar surface area (TPSA) is 96.0 Å². The number of nitrogens with zero attached hydrogens (tertiary/aromatic N) is 2. The zero-order valence-corrected chi connectivity index (χ0v) is 27.3. The third kappa shape index (κ3) is 8.48. The lowest BCUT2D eigenvalue weighted by Gasteiger charge is -2.32. The molecule has 0 saturated carbocycles. The third-order valence-electron chi connectivity index (χ3n) is 6.95. The van der Waals surface area contributed by atoms with Gasteiger partial charge in [-0.1, -0.05) is 70.9 Å². The maximum Gasteiger partial charge on any atom is 0.264 e. The summed E-state index contributed by atoms with van der Waals surface area (Å²) in [7, 11) is -4.17. The monoisotopic (exact) mass is 677 g/mol. The first-order valence-corrected chi connectivity index (χ1v) is 16.6. The summed E-state index contributed by atoms with van der Waals surface area (Å²) in [5.41, 5.74) is 1.98. The summed E-state index contributed by atoms with van der Waals surface area (Å²) in [6.45, 7) is 5.52. The zero-order valence-electron chi connectivity index (χ0n) is 24.9. The van der Waals surface area contributed by atoms with E-state index in [4.69, 9.17) is 4.74 Å². The molecule has 44 heavy (non-hydrogen) atoms. The summed E-state index contributed by atoms with van der Waals surface area (Å²) in [5, 5.41) is 2.85. The van der Waals surface area contributed by atoms with Crippen molar-refractivity contribution in [3.8, 4) is 11.5 Å². The first-order chi connectivity index (χ1) is 21.1. The van der Waals surface area contributed by atoms with Gasteiger partial charge in [0, 0.05) is 17.6 Å². The fourth-order valence-corrected chi connectivity index (χ4v) is 6.34. The average molecular weight is 679 g/mol. The Morgan fingerprint density at radius 1 is 0.886 bits per heavy atom. The lowest BCUT2D eigenvalue weighted by molar-refractivity contribution is -0.139. The van der Waals surface area contributed by atoms with Crippen molar-refractivity contribution in [2.75, 3.05) is 17.4 Å². The van der Waals surface area contributed by atoms with E-state index in [0.717, 1.165) is 26.3 Å². The van der Waals surface area contributed by atoms with E-state index in [9.17, 15) is 18.0 Å². The lowest BCUT2D eigenvalue weighted by atomic mass is 10.1. The molecular formula is C34H36BrN3O5S. The van der Waals surface area contributed by atoms with E-state index in [2.05, 4.69) is 21.2 Å². The molecule has 0 aromatic heterocycles. The van der Waals surface area contributed by atoms with Gasteiger partial charge in [0.1, 0.15) is 24.1 Å². The van der Waals surface area contributed by atoms with Gasteiger partial charge in [-0.25, -0.2) is 8.42 Å². The Morgan fingerprint density at radius 2 is 1.55 bits per heavy atom. The first-order valence-electron chi connectivity index (χ1n) is 14.3. The van der Waals surface area contributed by atoms with E-state index in [1.54, 1.807) is 43.3 Å². The highest BCUT2D eigenvalue weighted by Crippen LogP contribution is 2.29. The second kappa shape index (κ2) is 15.0. The minimum absolute atomic E-state index is 0.0489. The summed E-state index contributed by atoms with van der Waals surface area (Å²) < 4.78 is 35.9. The van der Waals surface area contributed by atoms with Crippen LogP contribution in [-0.2, 0) is 26.2 Å². The van der Waals surface area contributed by atoms with Crippen LogP contribution in [0.2, 0.25) is 0 Å². The van der Waals surface area contributed by atoms with Gasteiger partial charge in [-0.3, -0.25) is 13.9 Å². The molecule has 0 saturated heterocycles. The van der Waals surface area contributed by atoms with Crippen LogP contribution in [0.5, 0.6) is 11.5 Å². The number of halogens is 1. The van der Waals surface area contributed by atoms with Crippen molar-refractivity contribution < 1.29 is 22.7 Å². The maximum atomic E-state index is 14.1. The van der Waals surface area contributed by atoms with E-state index in [1.807, 2.05) is 68.4 Å². The molecule has 0 heterocycles. The fourth-order valence-electron chi connectivity index (χ4n) is 4.48. The highest BCUT2D eigenvalue weighted by molar-refractivity contribution is 9.10. The number of para-hydroxylation sites is 1. The van der Waals surface area contributed by atoms with E-state index >= 15 is 0 Å². The average Bonchev–Trinajstić information content (AvgIpc) is 3.02. The molecule has 2 amide bonds. The van der Waals surface area contributed by atoms with Crippen molar-refractivity contribution in [1.29, 1.82) is 0 Å². The van der Waals surface area contributed by atoms with Gasteiger partial charge in [-0.2, -0.15) is 0 Å². The summed E-state index contributed by atoms with van der Waals surface area (Å²) in [4.78, 5) is 28.6. The number of hydrogen-bond acceptors (Lipinski definition) is 5. The Labute approximate surface area is 267 Å². The molecule has 0 fully saturated rings. The van der Waals surface area contributed by atoms with Crippen molar-refractivity contribution in [2.24, 2.45) is 0 Å². The molecule has 0 bridgehead atoms. The van der Waals surface area contributed by atoms with Crippen molar-refractivity contribution in [1.82, 2.24) is 10.2 Å². The van der Waals surface area contributed by atoms with Gasteiger partial charge in [0.25, 0.3) is 10.0 Å². The number of carbonyl (C=O) groups excluding carboxylic acids is 2. The van der Waals surface area contributed by atoms with E-state index in [0.29, 0.717) is 18.0 Å². The Balaban J connectivity index is 1.70. The molecule has 4 aromatic carbocycles. The number of amides is 2. The second-order valence-corrected chi connectivity index (χ2v) is 13.1. The smallest absolute Gasteiger partial charge is 0.264 e. The maximum absolute atomic E-state index is 14.1. The molecule has 4 aromatic rings. The second-order valence-electron chi connectivity index (χ2n) is 10.4. The van der Waals surface area contributed by atoms with Crippen LogP contribution in [0.15, 0.2) is 112 Å². The summed E-state index contributed by atoms with van der Waals surface area (Å²) in [6.07, 6.45) is 0.741. The Bertz CT molecular complexity index is 1660. The fraction of sp³-hybridized carbons (Fsp3) is 0.235. The van der Waals surface area contributed by atoms with Gasteiger partial charge in [0.2, 0.25) is 11.8 Å². The summed E-state index contributed by atoms with van der Waals surface area (Å²) >= 11 is 3.46. The molecule has 4 rings (SSSR count). The number of rotatable bonds is 13. The number of sulfonamides is 1. The third-order valence-corrected chi connectivity index (χ3v) is 9.23. The molecule has 0 spiro atoms. The molecule has 8 nitrogen and oxygen atoms in total. The Morgan fingerprint density at radius 3 is 2.18 bits per heavy atom. The van der Waals surface area contributed by atoms with Crippen LogP contribution in [-0.4, -0.2) is 44.3 Å². The van der Waals surface area contributed by atoms with Gasteiger partial charge >= 0.3 is 0 Å². The first kappa shape index (κ1) is 32.8. The van der Waals surface area contributed by atoms with E-state index in [-0.39, 0.29) is 23.0 Å². The van der Waals surface area contributed by atoms with Crippen molar-refractivity contribution in [2.45, 2.75) is 44.7 Å². The normalized spacial score (nSPS) is 11.8. The SMILES string of the molecule is CCCNC(=O)C(C)N(Cc1cccc(Br)c1)C(=O)CN(c1ccc(Oc2ccccc2)cc1)S(=O)(=O)c1ccc(C)cc1. The molecule has 1 unspecified atom stereocenters. The van der Waals surface area contributed by atoms with Gasteiger partial charge in [0.15, 0.2) is 0 Å². The number of aryl methyl sites for hydroxylation is 1. The van der Waals surface area contributed by atoms with E-state index in [1.165, 1.54) is 17.0 Å². The van der Waals surface area contributed by atoms with Crippen LogP contribution >= 0.6 is 15.9 Å². The minimum Gasteiger partial charge on any atom is -0.457 e.